The maximum atomic E-state index is 12.7. The highest BCUT2D eigenvalue weighted by molar-refractivity contribution is 5.86. The van der Waals surface area contributed by atoms with Gasteiger partial charge in [0.1, 0.15) is 6.61 Å². The number of ether oxygens (including phenoxy) is 1. The third kappa shape index (κ3) is 3.61. The minimum absolute atomic E-state index is 0.0679. The Hall–Kier alpha value is -1.88. The first-order valence-corrected chi connectivity index (χ1v) is 8.87. The second kappa shape index (κ2) is 7.34. The average molecular weight is 330 g/mol. The Morgan fingerprint density at radius 1 is 1.33 bits per heavy atom. The van der Waals surface area contributed by atoms with Crippen LogP contribution in [0.2, 0.25) is 0 Å². The molecular formula is C19H26N2O3. The summed E-state index contributed by atoms with van der Waals surface area (Å²) in [5, 5.41) is 5.97. The molecule has 1 heterocycles. The van der Waals surface area contributed by atoms with Crippen LogP contribution in [0.5, 0.6) is 0 Å². The first kappa shape index (κ1) is 17.0. The highest BCUT2D eigenvalue weighted by Crippen LogP contribution is 2.44. The summed E-state index contributed by atoms with van der Waals surface area (Å²) in [6.45, 7) is 2.82. The van der Waals surface area contributed by atoms with Crippen LogP contribution in [0, 0.1) is 5.41 Å². The maximum absolute atomic E-state index is 12.7. The van der Waals surface area contributed by atoms with Crippen LogP contribution in [-0.4, -0.2) is 31.1 Å². The molecule has 1 aromatic rings. The number of hydrogen-bond donors (Lipinski definition) is 2. The molecule has 2 atom stereocenters. The van der Waals surface area contributed by atoms with Crippen molar-refractivity contribution in [2.75, 3.05) is 13.2 Å². The van der Waals surface area contributed by atoms with Crippen LogP contribution in [-0.2, 0) is 14.3 Å². The van der Waals surface area contributed by atoms with Crippen molar-refractivity contribution >= 4 is 11.8 Å². The standard InChI is InChI=1S/C19H26N2O3/c1-2-9-19(10-6-11-19)13-20-18(23)17-16(21-15(22)12-24-17)14-7-4-3-5-8-14/h3-5,7-8,16-17H,2,6,9-13H2,1H3,(H,20,23)(H,21,22)/t16-,17+/m1/s1. The quantitative estimate of drug-likeness (QED) is 0.841. The number of amides is 2. The third-order valence-corrected chi connectivity index (χ3v) is 5.26. The van der Waals surface area contributed by atoms with E-state index in [1.165, 1.54) is 19.3 Å². The van der Waals surface area contributed by atoms with Crippen molar-refractivity contribution in [3.05, 3.63) is 35.9 Å². The molecule has 5 nitrogen and oxygen atoms in total. The van der Waals surface area contributed by atoms with Gasteiger partial charge in [-0.1, -0.05) is 50.1 Å². The zero-order chi connectivity index (χ0) is 17.0. The predicted molar refractivity (Wildman–Crippen MR) is 91.3 cm³/mol. The van der Waals surface area contributed by atoms with Crippen LogP contribution in [0.3, 0.4) is 0 Å². The summed E-state index contributed by atoms with van der Waals surface area (Å²) in [7, 11) is 0. The smallest absolute Gasteiger partial charge is 0.251 e. The fraction of sp³-hybridized carbons (Fsp3) is 0.579. The molecular weight excluding hydrogens is 304 g/mol. The monoisotopic (exact) mass is 330 g/mol. The SMILES string of the molecule is CCCC1(CNC(=O)[C@H]2OCC(=O)N[C@@H]2c2ccccc2)CCC1. The zero-order valence-corrected chi connectivity index (χ0v) is 14.2. The molecule has 2 N–H and O–H groups in total. The van der Waals surface area contributed by atoms with E-state index in [9.17, 15) is 9.59 Å². The first-order chi connectivity index (χ1) is 11.6. The van der Waals surface area contributed by atoms with Gasteiger partial charge in [-0.05, 0) is 30.2 Å². The highest BCUT2D eigenvalue weighted by atomic mass is 16.5. The molecule has 1 aromatic carbocycles. The molecule has 0 radical (unpaired) electrons. The number of benzene rings is 1. The molecule has 1 aliphatic carbocycles. The summed E-state index contributed by atoms with van der Waals surface area (Å²) in [4.78, 5) is 24.4. The molecule has 2 aliphatic rings. The lowest BCUT2D eigenvalue weighted by atomic mass is 9.66. The van der Waals surface area contributed by atoms with Crippen molar-refractivity contribution in [3.63, 3.8) is 0 Å². The first-order valence-electron chi connectivity index (χ1n) is 8.87. The van der Waals surface area contributed by atoms with Crippen molar-refractivity contribution in [2.24, 2.45) is 5.41 Å². The lowest BCUT2D eigenvalue weighted by Gasteiger charge is -2.42. The van der Waals surface area contributed by atoms with Gasteiger partial charge in [-0.2, -0.15) is 0 Å². The second-order valence-corrected chi connectivity index (χ2v) is 7.01. The molecule has 1 aliphatic heterocycles. The fourth-order valence-electron chi connectivity index (χ4n) is 3.80. The lowest BCUT2D eigenvalue weighted by Crippen LogP contribution is -2.54. The molecule has 130 valence electrons. The zero-order valence-electron chi connectivity index (χ0n) is 14.2. The van der Waals surface area contributed by atoms with E-state index < -0.39 is 12.1 Å². The van der Waals surface area contributed by atoms with Crippen molar-refractivity contribution in [1.29, 1.82) is 0 Å². The van der Waals surface area contributed by atoms with E-state index >= 15 is 0 Å². The van der Waals surface area contributed by atoms with E-state index in [1.807, 2.05) is 30.3 Å². The summed E-state index contributed by atoms with van der Waals surface area (Å²) in [6.07, 6.45) is 5.23. The summed E-state index contributed by atoms with van der Waals surface area (Å²) in [5.74, 6) is -0.319. The lowest BCUT2D eigenvalue weighted by molar-refractivity contribution is -0.148. The van der Waals surface area contributed by atoms with Gasteiger partial charge in [0.25, 0.3) is 5.91 Å². The Morgan fingerprint density at radius 3 is 2.71 bits per heavy atom. The van der Waals surface area contributed by atoms with Crippen LogP contribution in [0.25, 0.3) is 0 Å². The highest BCUT2D eigenvalue weighted by Gasteiger charge is 2.39. The number of hydrogen-bond acceptors (Lipinski definition) is 3. The van der Waals surface area contributed by atoms with Crippen molar-refractivity contribution in [1.82, 2.24) is 10.6 Å². The Balaban J connectivity index is 1.66. The Morgan fingerprint density at radius 2 is 2.08 bits per heavy atom. The van der Waals surface area contributed by atoms with Gasteiger partial charge in [0, 0.05) is 6.54 Å². The van der Waals surface area contributed by atoms with E-state index in [-0.39, 0.29) is 23.8 Å². The van der Waals surface area contributed by atoms with Crippen LogP contribution >= 0.6 is 0 Å². The van der Waals surface area contributed by atoms with Crippen LogP contribution in [0.1, 0.15) is 50.6 Å². The Kier molecular flexibility index (Phi) is 5.19. The summed E-state index contributed by atoms with van der Waals surface area (Å²) < 4.78 is 5.57. The van der Waals surface area contributed by atoms with Gasteiger partial charge < -0.3 is 15.4 Å². The second-order valence-electron chi connectivity index (χ2n) is 7.01. The maximum Gasteiger partial charge on any atom is 0.251 e. The van der Waals surface area contributed by atoms with Gasteiger partial charge in [0.05, 0.1) is 6.04 Å². The van der Waals surface area contributed by atoms with E-state index in [2.05, 4.69) is 17.6 Å². The van der Waals surface area contributed by atoms with Crippen LogP contribution in [0.15, 0.2) is 30.3 Å². The van der Waals surface area contributed by atoms with Crippen molar-refractivity contribution in [2.45, 2.75) is 51.2 Å². The Labute approximate surface area is 143 Å². The fourth-order valence-corrected chi connectivity index (χ4v) is 3.80. The minimum atomic E-state index is -0.677. The number of carbonyl (C=O) groups is 2. The average Bonchev–Trinajstić information content (AvgIpc) is 2.57. The normalized spacial score (nSPS) is 25.5. The predicted octanol–water partition coefficient (Wildman–Crippen LogP) is 2.33. The van der Waals surface area contributed by atoms with E-state index in [0.29, 0.717) is 6.54 Å². The number of carbonyl (C=O) groups excluding carboxylic acids is 2. The molecule has 2 fully saturated rings. The molecule has 0 bridgehead atoms. The molecule has 1 saturated heterocycles. The summed E-state index contributed by atoms with van der Waals surface area (Å²) in [6, 6.07) is 9.09. The molecule has 5 heteroatoms. The van der Waals surface area contributed by atoms with Gasteiger partial charge >= 0.3 is 0 Å². The van der Waals surface area contributed by atoms with Gasteiger partial charge in [-0.3, -0.25) is 9.59 Å². The molecule has 1 saturated carbocycles. The Bertz CT molecular complexity index is 584. The van der Waals surface area contributed by atoms with Gasteiger partial charge in [-0.25, -0.2) is 0 Å². The van der Waals surface area contributed by atoms with Crippen LogP contribution < -0.4 is 10.6 Å². The van der Waals surface area contributed by atoms with E-state index in [1.54, 1.807) is 0 Å². The molecule has 0 spiro atoms. The largest absolute Gasteiger partial charge is 0.356 e. The van der Waals surface area contributed by atoms with Crippen molar-refractivity contribution in [3.8, 4) is 0 Å². The van der Waals surface area contributed by atoms with E-state index in [4.69, 9.17) is 4.74 Å². The summed E-state index contributed by atoms with van der Waals surface area (Å²) >= 11 is 0. The molecule has 0 aromatic heterocycles. The molecule has 0 unspecified atom stereocenters. The molecule has 24 heavy (non-hydrogen) atoms. The minimum Gasteiger partial charge on any atom is -0.356 e. The third-order valence-electron chi connectivity index (χ3n) is 5.26. The molecule has 3 rings (SSSR count). The number of rotatable bonds is 6. The molecule has 2 amide bonds. The van der Waals surface area contributed by atoms with E-state index in [0.717, 1.165) is 18.4 Å². The van der Waals surface area contributed by atoms with Crippen LogP contribution in [0.4, 0.5) is 0 Å². The number of nitrogens with one attached hydrogen (secondary N) is 2. The number of morpholine rings is 1. The van der Waals surface area contributed by atoms with Gasteiger partial charge in [-0.15, -0.1) is 0 Å². The van der Waals surface area contributed by atoms with Gasteiger partial charge in [0.15, 0.2) is 6.10 Å². The van der Waals surface area contributed by atoms with Gasteiger partial charge in [0.2, 0.25) is 5.91 Å². The summed E-state index contributed by atoms with van der Waals surface area (Å²) in [5.41, 5.74) is 1.16. The topological polar surface area (TPSA) is 67.4 Å². The van der Waals surface area contributed by atoms with Crippen molar-refractivity contribution < 1.29 is 14.3 Å².